The summed E-state index contributed by atoms with van der Waals surface area (Å²) in [5.41, 5.74) is 3.12. The van der Waals surface area contributed by atoms with Gasteiger partial charge in [-0.2, -0.15) is 26.3 Å². The van der Waals surface area contributed by atoms with E-state index in [0.717, 1.165) is 42.5 Å². The average molecular weight is 782 g/mol. The molecule has 54 heavy (non-hydrogen) atoms. The predicted molar refractivity (Wildman–Crippen MR) is 199 cm³/mol. The van der Waals surface area contributed by atoms with E-state index in [-0.39, 0.29) is 0 Å². The smallest absolute Gasteiger partial charge is 0.403 e. The summed E-state index contributed by atoms with van der Waals surface area (Å²) in [7, 11) is 2.81. The molecule has 0 bridgehead atoms. The number of aryl methyl sites for hydroxylation is 1. The summed E-state index contributed by atoms with van der Waals surface area (Å²) in [6, 6.07) is 19.8. The summed E-state index contributed by atoms with van der Waals surface area (Å²) in [5, 5.41) is 3.30. The molecule has 1 atom stereocenters. The molecular weight excluding hydrogens is 733 g/mol. The molecule has 0 aromatic heterocycles. The van der Waals surface area contributed by atoms with Gasteiger partial charge in [0.25, 0.3) is 0 Å². The lowest BCUT2D eigenvalue weighted by Gasteiger charge is -2.42. The second kappa shape index (κ2) is 17.1. The van der Waals surface area contributed by atoms with Gasteiger partial charge in [-0.1, -0.05) is 48.5 Å². The highest BCUT2D eigenvalue weighted by molar-refractivity contribution is 7.99. The number of ether oxygens (including phenoxy) is 2. The zero-order valence-corrected chi connectivity index (χ0v) is 32.0. The molecule has 1 saturated carbocycles. The Balaban J connectivity index is 0.000000211. The van der Waals surface area contributed by atoms with Crippen LogP contribution in [-0.2, 0) is 20.7 Å². The van der Waals surface area contributed by atoms with Crippen LogP contribution in [0.2, 0.25) is 0 Å². The Morgan fingerprint density at radius 2 is 1.54 bits per heavy atom. The van der Waals surface area contributed by atoms with Crippen LogP contribution >= 0.6 is 11.8 Å². The number of benzene rings is 3. The van der Waals surface area contributed by atoms with Crippen LogP contribution in [0.5, 0.6) is 5.75 Å². The zero-order chi connectivity index (χ0) is 39.3. The highest BCUT2D eigenvalue weighted by atomic mass is 32.2. The van der Waals surface area contributed by atoms with Crippen molar-refractivity contribution in [1.29, 1.82) is 0 Å². The van der Waals surface area contributed by atoms with Crippen LogP contribution in [0.1, 0.15) is 49.7 Å². The van der Waals surface area contributed by atoms with Gasteiger partial charge >= 0.3 is 18.3 Å². The highest BCUT2D eigenvalue weighted by Gasteiger charge is 2.61. The lowest BCUT2D eigenvalue weighted by molar-refractivity contribution is -0.236. The fourth-order valence-electron chi connectivity index (χ4n) is 7.87. The Hall–Kier alpha value is -3.49. The van der Waals surface area contributed by atoms with E-state index in [1.54, 1.807) is 7.11 Å². The molecule has 1 N–H and O–H groups in total. The number of rotatable bonds is 10. The number of hydrogen-bond acceptors (Lipinski definition) is 7. The number of carbonyl (C=O) groups excluding carboxylic acids is 2. The molecule has 1 amide bonds. The number of methoxy groups -OCH3 is 2. The molecule has 0 radical (unpaired) electrons. The van der Waals surface area contributed by atoms with Crippen LogP contribution in [0, 0.1) is 17.8 Å². The third-order valence-electron chi connectivity index (χ3n) is 11.1. The van der Waals surface area contributed by atoms with Crippen LogP contribution in [0.4, 0.5) is 26.3 Å². The molecular formula is C40H49F6N3O4S. The molecule has 1 unspecified atom stereocenters. The number of esters is 1. The monoisotopic (exact) mass is 781 g/mol. The number of nitrogens with one attached hydrogen (secondary N) is 1. The summed E-state index contributed by atoms with van der Waals surface area (Å²) in [5.74, 6) is -1.38. The maximum Gasteiger partial charge on any atom is 0.403 e. The number of fused-ring (bicyclic) bond motifs is 1. The van der Waals surface area contributed by atoms with Crippen molar-refractivity contribution in [2.75, 3.05) is 59.7 Å². The quantitative estimate of drug-likeness (QED) is 0.126. The number of halogens is 6. The molecule has 296 valence electrons. The highest BCUT2D eigenvalue weighted by Crippen LogP contribution is 2.52. The third kappa shape index (κ3) is 9.65. The van der Waals surface area contributed by atoms with E-state index in [0.29, 0.717) is 5.41 Å². The maximum absolute atomic E-state index is 13.5. The Morgan fingerprint density at radius 3 is 2.15 bits per heavy atom. The van der Waals surface area contributed by atoms with E-state index < -0.39 is 67.5 Å². The van der Waals surface area contributed by atoms with E-state index >= 15 is 0 Å². The van der Waals surface area contributed by atoms with Crippen molar-refractivity contribution >= 4 is 34.4 Å². The fourth-order valence-corrected chi connectivity index (χ4v) is 8.39. The average Bonchev–Trinajstić information content (AvgIpc) is 3.89. The van der Waals surface area contributed by atoms with E-state index in [1.165, 1.54) is 78.1 Å². The second-order valence-electron chi connectivity index (χ2n) is 14.7. The molecule has 3 aromatic carbocycles. The van der Waals surface area contributed by atoms with Crippen molar-refractivity contribution in [3.63, 3.8) is 0 Å². The van der Waals surface area contributed by atoms with E-state index in [1.807, 2.05) is 5.32 Å². The standard InChI is InChI=1S/C27H31NO.C13H18F6N2O3S/c1-20-7-3-10-23-22(20)9-5-11-24(23)26-21(8-4-12-25(26)29-2)13-18-28-17-6-14-27(19-28)15-16-27;1-24-9(22)8(25-2)20-10(23)11(13(17,18)19)3-5-21(6-4-11)7-12(14,15)16/h3-5,7-12H,6,13-19H2,1-2H3;8H,3-7H2,1-2H3,(H,20,23). The first-order valence-corrected chi connectivity index (χ1v) is 19.5. The van der Waals surface area contributed by atoms with Gasteiger partial charge in [0.15, 0.2) is 5.37 Å². The largest absolute Gasteiger partial charge is 0.496 e. The van der Waals surface area contributed by atoms with E-state index in [9.17, 15) is 35.9 Å². The van der Waals surface area contributed by atoms with Crippen molar-refractivity contribution in [2.24, 2.45) is 10.8 Å². The van der Waals surface area contributed by atoms with Gasteiger partial charge in [0.05, 0.1) is 20.8 Å². The van der Waals surface area contributed by atoms with Crippen molar-refractivity contribution in [1.82, 2.24) is 15.1 Å². The molecule has 1 spiro atoms. The summed E-state index contributed by atoms with van der Waals surface area (Å²) in [6.45, 7) is 3.50. The topological polar surface area (TPSA) is 71.1 Å². The SMILES string of the molecule is COC(=O)C(NC(=O)C1(C(F)(F)F)CCN(CC(F)(F)F)CC1)SC.COc1cccc(CCN2CCCC3(CC3)C2)c1-c1cccc2c(C)cccc12. The Labute approximate surface area is 317 Å². The summed E-state index contributed by atoms with van der Waals surface area (Å²) in [4.78, 5) is 27.2. The summed E-state index contributed by atoms with van der Waals surface area (Å²) < 4.78 is 87.9. The van der Waals surface area contributed by atoms with E-state index in [2.05, 4.69) is 71.2 Å². The molecule has 3 fully saturated rings. The molecule has 14 heteroatoms. The second-order valence-corrected chi connectivity index (χ2v) is 15.6. The minimum Gasteiger partial charge on any atom is -0.496 e. The maximum atomic E-state index is 13.5. The molecule has 1 aliphatic carbocycles. The molecule has 7 nitrogen and oxygen atoms in total. The van der Waals surface area contributed by atoms with Gasteiger partial charge in [-0.05, 0) is 117 Å². The van der Waals surface area contributed by atoms with Gasteiger partial charge in [0.1, 0.15) is 11.2 Å². The van der Waals surface area contributed by atoms with Crippen LogP contribution in [0.15, 0.2) is 54.6 Å². The number of thioether (sulfide) groups is 1. The minimum atomic E-state index is -4.96. The molecule has 2 aliphatic heterocycles. The third-order valence-corrected chi connectivity index (χ3v) is 11.9. The van der Waals surface area contributed by atoms with Crippen molar-refractivity contribution in [3.8, 4) is 16.9 Å². The molecule has 6 rings (SSSR count). The number of amides is 1. The summed E-state index contributed by atoms with van der Waals surface area (Å²) in [6.07, 6.45) is -2.95. The molecule has 3 aromatic rings. The van der Waals surface area contributed by atoms with Gasteiger partial charge in [0.2, 0.25) is 5.91 Å². The van der Waals surface area contributed by atoms with Crippen molar-refractivity contribution in [2.45, 2.75) is 69.6 Å². The lowest BCUT2D eigenvalue weighted by Crippen LogP contribution is -2.58. The van der Waals surface area contributed by atoms with Gasteiger partial charge in [-0.25, -0.2) is 4.79 Å². The first kappa shape index (κ1) is 41.7. The van der Waals surface area contributed by atoms with Crippen LogP contribution < -0.4 is 10.1 Å². The number of carbonyl (C=O) groups is 2. The number of piperidine rings is 2. The normalized spacial score (nSPS) is 19.1. The van der Waals surface area contributed by atoms with Gasteiger partial charge in [-0.3, -0.25) is 9.69 Å². The van der Waals surface area contributed by atoms with E-state index in [4.69, 9.17) is 4.74 Å². The van der Waals surface area contributed by atoms with Crippen LogP contribution in [-0.4, -0.2) is 99.1 Å². The fraction of sp³-hybridized carbons (Fsp3) is 0.550. The zero-order valence-electron chi connectivity index (χ0n) is 31.2. The molecule has 2 heterocycles. The first-order chi connectivity index (χ1) is 25.5. The summed E-state index contributed by atoms with van der Waals surface area (Å²) >= 11 is 0.780. The number of nitrogens with zero attached hydrogens (tertiary/aromatic N) is 2. The number of likely N-dealkylation sites (tertiary alicyclic amines) is 2. The first-order valence-electron chi connectivity index (χ1n) is 18.2. The van der Waals surface area contributed by atoms with Crippen LogP contribution in [0.25, 0.3) is 21.9 Å². The molecule has 3 aliphatic rings. The predicted octanol–water partition coefficient (Wildman–Crippen LogP) is 8.41. The number of alkyl halides is 6. The lowest BCUT2D eigenvalue weighted by atomic mass is 9.76. The van der Waals surface area contributed by atoms with Crippen molar-refractivity contribution in [3.05, 3.63) is 65.7 Å². The molecule has 2 saturated heterocycles. The number of hydrogen-bond donors (Lipinski definition) is 1. The Kier molecular flexibility index (Phi) is 13.2. The van der Waals surface area contributed by atoms with Gasteiger partial charge in [-0.15, -0.1) is 11.8 Å². The van der Waals surface area contributed by atoms with Gasteiger partial charge in [0, 0.05) is 18.7 Å². The van der Waals surface area contributed by atoms with Crippen molar-refractivity contribution < 1.29 is 45.4 Å². The Bertz CT molecular complexity index is 1770. The van der Waals surface area contributed by atoms with Gasteiger partial charge < -0.3 is 19.7 Å². The minimum absolute atomic E-state index is 0.533. The van der Waals surface area contributed by atoms with Crippen LogP contribution in [0.3, 0.4) is 0 Å². The Morgan fingerprint density at radius 1 is 0.870 bits per heavy atom.